The number of carbonyl (C=O) groups is 1. The van der Waals surface area contributed by atoms with Crippen LogP contribution in [0.3, 0.4) is 0 Å². The van der Waals surface area contributed by atoms with Crippen molar-refractivity contribution in [3.63, 3.8) is 0 Å². The third kappa shape index (κ3) is 2.95. The largest absolute Gasteiger partial charge is 0.339 e. The van der Waals surface area contributed by atoms with E-state index in [0.717, 1.165) is 19.8 Å². The predicted molar refractivity (Wildman–Crippen MR) is 51.1 cm³/mol. The highest BCUT2D eigenvalue weighted by Gasteiger charge is 2.22. The maximum Gasteiger partial charge on any atom is 0.236 e. The van der Waals surface area contributed by atoms with Gasteiger partial charge in [0.15, 0.2) is 0 Å². The Labute approximate surface area is 78.9 Å². The van der Waals surface area contributed by atoms with Gasteiger partial charge >= 0.3 is 0 Å². The second-order valence-corrected chi connectivity index (χ2v) is 3.23. The summed E-state index contributed by atoms with van der Waals surface area (Å²) in [6, 6.07) is 0. The van der Waals surface area contributed by atoms with Crippen LogP contribution in [0.5, 0.6) is 0 Å². The number of nitrogens with one attached hydrogen (secondary N) is 1. The van der Waals surface area contributed by atoms with Crippen LogP contribution in [0.1, 0.15) is 0 Å². The van der Waals surface area contributed by atoms with Crippen molar-refractivity contribution in [3.8, 4) is 0 Å². The molecule has 0 aliphatic carbocycles. The average Bonchev–Trinajstić information content (AvgIpc) is 2.10. The monoisotopic (exact) mass is 186 g/mol. The molecule has 13 heavy (non-hydrogen) atoms. The van der Waals surface area contributed by atoms with Crippen molar-refractivity contribution in [2.24, 2.45) is 5.73 Å². The highest BCUT2D eigenvalue weighted by atomic mass is 16.2. The first kappa shape index (κ1) is 10.4. The number of nitrogens with zero attached hydrogens (tertiary/aromatic N) is 2. The van der Waals surface area contributed by atoms with Crippen LogP contribution in [0.25, 0.3) is 0 Å². The number of piperazine rings is 1. The van der Waals surface area contributed by atoms with Gasteiger partial charge in [-0.1, -0.05) is 0 Å². The maximum absolute atomic E-state index is 11.5. The van der Waals surface area contributed by atoms with Crippen molar-refractivity contribution < 1.29 is 4.79 Å². The first-order chi connectivity index (χ1) is 6.27. The van der Waals surface area contributed by atoms with Gasteiger partial charge in [-0.15, -0.1) is 0 Å². The minimum absolute atomic E-state index is 0.187. The Morgan fingerprint density at radius 2 is 2.31 bits per heavy atom. The number of rotatable bonds is 4. The Morgan fingerprint density at radius 3 is 2.85 bits per heavy atom. The highest BCUT2D eigenvalue weighted by Crippen LogP contribution is 2.00. The van der Waals surface area contributed by atoms with E-state index < -0.39 is 0 Å². The van der Waals surface area contributed by atoms with Crippen LogP contribution in [-0.2, 0) is 4.79 Å². The second-order valence-electron chi connectivity index (χ2n) is 3.23. The molecule has 0 aromatic carbocycles. The van der Waals surface area contributed by atoms with E-state index in [4.69, 9.17) is 5.73 Å². The SMILES string of the molecule is CNCN1CCN(CCN)C(=O)C1. The summed E-state index contributed by atoms with van der Waals surface area (Å²) in [4.78, 5) is 15.4. The van der Waals surface area contributed by atoms with Crippen LogP contribution in [0.15, 0.2) is 0 Å². The van der Waals surface area contributed by atoms with Gasteiger partial charge in [0.1, 0.15) is 0 Å². The third-order valence-corrected chi connectivity index (χ3v) is 2.18. The van der Waals surface area contributed by atoms with Gasteiger partial charge in [-0.05, 0) is 7.05 Å². The van der Waals surface area contributed by atoms with Gasteiger partial charge in [-0.2, -0.15) is 0 Å². The van der Waals surface area contributed by atoms with E-state index in [1.54, 1.807) is 0 Å². The molecular weight excluding hydrogens is 168 g/mol. The molecule has 1 aliphatic heterocycles. The molecule has 5 nitrogen and oxygen atoms in total. The minimum atomic E-state index is 0.187. The van der Waals surface area contributed by atoms with Crippen LogP contribution >= 0.6 is 0 Å². The summed E-state index contributed by atoms with van der Waals surface area (Å²) in [6.07, 6.45) is 0. The van der Waals surface area contributed by atoms with Crippen molar-refractivity contribution in [1.82, 2.24) is 15.1 Å². The Hall–Kier alpha value is -0.650. The fourth-order valence-electron chi connectivity index (χ4n) is 1.51. The zero-order valence-corrected chi connectivity index (χ0v) is 8.12. The van der Waals surface area contributed by atoms with Crippen molar-refractivity contribution in [2.75, 3.05) is 46.4 Å². The van der Waals surface area contributed by atoms with Gasteiger partial charge in [0.05, 0.1) is 6.54 Å². The Kier molecular flexibility index (Phi) is 4.14. The molecule has 1 fully saturated rings. The number of hydrogen-bond acceptors (Lipinski definition) is 4. The molecule has 0 saturated carbocycles. The summed E-state index contributed by atoms with van der Waals surface area (Å²) in [5, 5.41) is 3.04. The lowest BCUT2D eigenvalue weighted by Crippen LogP contribution is -2.53. The van der Waals surface area contributed by atoms with Crippen molar-refractivity contribution >= 4 is 5.91 Å². The number of carbonyl (C=O) groups excluding carboxylic acids is 1. The summed E-state index contributed by atoms with van der Waals surface area (Å²) in [7, 11) is 1.89. The highest BCUT2D eigenvalue weighted by molar-refractivity contribution is 5.79. The third-order valence-electron chi connectivity index (χ3n) is 2.18. The summed E-state index contributed by atoms with van der Waals surface area (Å²) >= 11 is 0. The molecule has 3 N–H and O–H groups in total. The van der Waals surface area contributed by atoms with Crippen molar-refractivity contribution in [3.05, 3.63) is 0 Å². The minimum Gasteiger partial charge on any atom is -0.339 e. The lowest BCUT2D eigenvalue weighted by atomic mass is 10.3. The average molecular weight is 186 g/mol. The molecule has 0 spiro atoms. The molecule has 1 aliphatic rings. The standard InChI is InChI=1S/C8H18N4O/c1-10-7-11-4-5-12(3-2-9)8(13)6-11/h10H,2-7,9H2,1H3. The first-order valence-corrected chi connectivity index (χ1v) is 4.62. The van der Waals surface area contributed by atoms with E-state index in [1.807, 2.05) is 11.9 Å². The summed E-state index contributed by atoms with van der Waals surface area (Å²) in [6.45, 7) is 4.28. The van der Waals surface area contributed by atoms with Crippen LogP contribution in [0, 0.1) is 0 Å². The van der Waals surface area contributed by atoms with Gasteiger partial charge in [0.2, 0.25) is 5.91 Å². The summed E-state index contributed by atoms with van der Waals surface area (Å²) < 4.78 is 0. The molecule has 76 valence electrons. The van der Waals surface area contributed by atoms with E-state index >= 15 is 0 Å². The van der Waals surface area contributed by atoms with Gasteiger partial charge in [-0.25, -0.2) is 0 Å². The normalized spacial score (nSPS) is 19.5. The molecule has 0 aromatic rings. The molecule has 1 amide bonds. The molecule has 0 radical (unpaired) electrons. The van der Waals surface area contributed by atoms with Gasteiger partial charge < -0.3 is 16.0 Å². The van der Waals surface area contributed by atoms with E-state index in [-0.39, 0.29) is 5.91 Å². The topological polar surface area (TPSA) is 61.6 Å². The van der Waals surface area contributed by atoms with Crippen LogP contribution in [0.4, 0.5) is 0 Å². The maximum atomic E-state index is 11.5. The zero-order chi connectivity index (χ0) is 9.68. The smallest absolute Gasteiger partial charge is 0.236 e. The molecule has 1 heterocycles. The molecule has 5 heteroatoms. The van der Waals surface area contributed by atoms with Gasteiger partial charge in [-0.3, -0.25) is 9.69 Å². The lowest BCUT2D eigenvalue weighted by Gasteiger charge is -2.33. The van der Waals surface area contributed by atoms with E-state index in [9.17, 15) is 4.79 Å². The molecule has 1 rings (SSSR count). The van der Waals surface area contributed by atoms with E-state index in [2.05, 4.69) is 10.2 Å². The van der Waals surface area contributed by atoms with Crippen molar-refractivity contribution in [2.45, 2.75) is 0 Å². The molecule has 0 unspecified atom stereocenters. The number of hydrogen-bond donors (Lipinski definition) is 2. The fourth-order valence-corrected chi connectivity index (χ4v) is 1.51. The van der Waals surface area contributed by atoms with Crippen LogP contribution < -0.4 is 11.1 Å². The molecule has 1 saturated heterocycles. The number of amides is 1. The predicted octanol–water partition coefficient (Wildman–Crippen LogP) is -1.73. The van der Waals surface area contributed by atoms with Crippen LogP contribution in [-0.4, -0.2) is 62.1 Å². The fraction of sp³-hybridized carbons (Fsp3) is 0.875. The van der Waals surface area contributed by atoms with Gasteiger partial charge in [0.25, 0.3) is 0 Å². The Morgan fingerprint density at radius 1 is 1.54 bits per heavy atom. The van der Waals surface area contributed by atoms with Gasteiger partial charge in [0, 0.05) is 32.8 Å². The molecule has 0 atom stereocenters. The Balaban J connectivity index is 2.33. The molecule has 0 bridgehead atoms. The molecular formula is C8H18N4O. The molecule has 0 aromatic heterocycles. The summed E-state index contributed by atoms with van der Waals surface area (Å²) in [5.41, 5.74) is 5.40. The lowest BCUT2D eigenvalue weighted by molar-refractivity contribution is -0.135. The van der Waals surface area contributed by atoms with E-state index in [1.165, 1.54) is 0 Å². The second kappa shape index (κ2) is 5.16. The summed E-state index contributed by atoms with van der Waals surface area (Å²) in [5.74, 6) is 0.187. The number of nitrogens with two attached hydrogens (primary N) is 1. The quantitative estimate of drug-likeness (QED) is 0.547. The van der Waals surface area contributed by atoms with E-state index in [0.29, 0.717) is 19.6 Å². The Bertz CT molecular complexity index is 174. The van der Waals surface area contributed by atoms with Crippen LogP contribution in [0.2, 0.25) is 0 Å². The zero-order valence-electron chi connectivity index (χ0n) is 8.12. The first-order valence-electron chi connectivity index (χ1n) is 4.62. The van der Waals surface area contributed by atoms with Crippen molar-refractivity contribution in [1.29, 1.82) is 0 Å².